The highest BCUT2D eigenvalue weighted by molar-refractivity contribution is 5.46. The highest BCUT2D eigenvalue weighted by Gasteiger charge is 2.23. The molecule has 3 rings (SSSR count). The Morgan fingerprint density at radius 1 is 1.10 bits per heavy atom. The van der Waals surface area contributed by atoms with Crippen molar-refractivity contribution < 1.29 is 8.78 Å². The third-order valence-electron chi connectivity index (χ3n) is 3.81. The van der Waals surface area contributed by atoms with Crippen molar-refractivity contribution in [2.24, 2.45) is 0 Å². The Morgan fingerprint density at radius 2 is 1.90 bits per heavy atom. The predicted molar refractivity (Wildman–Crippen MR) is 80.1 cm³/mol. The summed E-state index contributed by atoms with van der Waals surface area (Å²) in [5.74, 6) is -0.823. The quantitative estimate of drug-likeness (QED) is 0.924. The van der Waals surface area contributed by atoms with Crippen LogP contribution >= 0.6 is 0 Å². The van der Waals surface area contributed by atoms with Crippen LogP contribution in [-0.4, -0.2) is 24.0 Å². The van der Waals surface area contributed by atoms with Gasteiger partial charge in [0.2, 0.25) is 0 Å². The fourth-order valence-corrected chi connectivity index (χ4v) is 2.76. The van der Waals surface area contributed by atoms with Gasteiger partial charge in [-0.05, 0) is 30.2 Å². The Bertz CT molecular complexity index is 601. The van der Waals surface area contributed by atoms with Gasteiger partial charge in [-0.1, -0.05) is 30.3 Å². The Labute approximate surface area is 123 Å². The van der Waals surface area contributed by atoms with Gasteiger partial charge in [0.1, 0.15) is 11.6 Å². The van der Waals surface area contributed by atoms with Crippen LogP contribution in [0.4, 0.5) is 14.5 Å². The summed E-state index contributed by atoms with van der Waals surface area (Å²) in [7, 11) is 0. The Hall–Kier alpha value is -1.94. The van der Waals surface area contributed by atoms with Crippen LogP contribution < -0.4 is 5.32 Å². The molecule has 110 valence electrons. The highest BCUT2D eigenvalue weighted by atomic mass is 19.1. The van der Waals surface area contributed by atoms with Gasteiger partial charge >= 0.3 is 0 Å². The van der Waals surface area contributed by atoms with Gasteiger partial charge in [-0.2, -0.15) is 0 Å². The van der Waals surface area contributed by atoms with Crippen LogP contribution in [0.1, 0.15) is 12.0 Å². The topological polar surface area (TPSA) is 15.3 Å². The first-order valence-corrected chi connectivity index (χ1v) is 7.18. The van der Waals surface area contributed by atoms with E-state index >= 15 is 0 Å². The second-order valence-electron chi connectivity index (χ2n) is 5.47. The fourth-order valence-electron chi connectivity index (χ4n) is 2.76. The van der Waals surface area contributed by atoms with Crippen molar-refractivity contribution in [3.63, 3.8) is 0 Å². The van der Waals surface area contributed by atoms with Crippen molar-refractivity contribution in [1.29, 1.82) is 0 Å². The predicted octanol–water partition coefficient (Wildman–Crippen LogP) is 3.65. The minimum Gasteiger partial charge on any atom is -0.379 e. The molecule has 0 bridgehead atoms. The van der Waals surface area contributed by atoms with Crippen molar-refractivity contribution >= 4 is 5.69 Å². The molecule has 2 aromatic rings. The molecule has 21 heavy (non-hydrogen) atoms. The summed E-state index contributed by atoms with van der Waals surface area (Å²) in [4.78, 5) is 2.32. The number of benzene rings is 2. The van der Waals surface area contributed by atoms with E-state index in [1.807, 2.05) is 18.2 Å². The third-order valence-corrected chi connectivity index (χ3v) is 3.81. The number of halogens is 2. The van der Waals surface area contributed by atoms with E-state index in [0.717, 1.165) is 38.2 Å². The number of likely N-dealkylation sites (tertiary alicyclic amines) is 1. The monoisotopic (exact) mass is 288 g/mol. The summed E-state index contributed by atoms with van der Waals surface area (Å²) in [5, 5.41) is 3.11. The van der Waals surface area contributed by atoms with Gasteiger partial charge < -0.3 is 5.32 Å². The van der Waals surface area contributed by atoms with Gasteiger partial charge in [-0.25, -0.2) is 8.78 Å². The van der Waals surface area contributed by atoms with Gasteiger partial charge in [-0.3, -0.25) is 4.90 Å². The second-order valence-corrected chi connectivity index (χ2v) is 5.47. The normalized spacial score (nSPS) is 18.9. The molecule has 0 spiro atoms. The minimum absolute atomic E-state index is 0.157. The number of hydrogen-bond acceptors (Lipinski definition) is 2. The van der Waals surface area contributed by atoms with E-state index in [1.54, 1.807) is 0 Å². The number of nitrogens with zero attached hydrogens (tertiary/aromatic N) is 1. The zero-order valence-electron chi connectivity index (χ0n) is 11.7. The molecule has 1 atom stereocenters. The van der Waals surface area contributed by atoms with Crippen molar-refractivity contribution in [3.05, 3.63) is 65.7 Å². The molecule has 1 N–H and O–H groups in total. The molecule has 1 fully saturated rings. The summed E-state index contributed by atoms with van der Waals surface area (Å²) in [6, 6.07) is 13.9. The Morgan fingerprint density at radius 3 is 2.71 bits per heavy atom. The van der Waals surface area contributed by atoms with Gasteiger partial charge in [0, 0.05) is 25.7 Å². The second kappa shape index (κ2) is 6.22. The number of rotatable bonds is 4. The van der Waals surface area contributed by atoms with Crippen molar-refractivity contribution in [2.45, 2.75) is 19.0 Å². The first kappa shape index (κ1) is 14.0. The first-order chi connectivity index (χ1) is 10.2. The fraction of sp³-hybridized carbons (Fsp3) is 0.294. The molecule has 4 heteroatoms. The lowest BCUT2D eigenvalue weighted by Crippen LogP contribution is -2.26. The van der Waals surface area contributed by atoms with Gasteiger partial charge in [-0.15, -0.1) is 0 Å². The highest BCUT2D eigenvalue weighted by Crippen LogP contribution is 2.21. The number of hydrogen-bond donors (Lipinski definition) is 1. The summed E-state index contributed by atoms with van der Waals surface area (Å²) >= 11 is 0. The average molecular weight is 288 g/mol. The largest absolute Gasteiger partial charge is 0.379 e. The van der Waals surface area contributed by atoms with E-state index in [0.29, 0.717) is 0 Å². The van der Waals surface area contributed by atoms with Gasteiger partial charge in [0.25, 0.3) is 0 Å². The maximum atomic E-state index is 13.6. The van der Waals surface area contributed by atoms with Crippen LogP contribution in [0.3, 0.4) is 0 Å². The van der Waals surface area contributed by atoms with Crippen molar-refractivity contribution in [2.75, 3.05) is 18.4 Å². The molecule has 1 aliphatic heterocycles. The van der Waals surface area contributed by atoms with Crippen LogP contribution in [-0.2, 0) is 6.54 Å². The zero-order valence-corrected chi connectivity index (χ0v) is 11.7. The summed E-state index contributed by atoms with van der Waals surface area (Å²) in [6.07, 6.45) is 0.933. The number of nitrogens with one attached hydrogen (secondary N) is 1. The molecule has 0 aromatic heterocycles. The maximum absolute atomic E-state index is 13.6. The lowest BCUT2D eigenvalue weighted by atomic mass is 10.2. The SMILES string of the molecule is Fc1ccc(F)c(N[C@H]2CCN(Cc3ccccc3)C2)c1. The molecule has 0 unspecified atom stereocenters. The number of anilines is 1. The Balaban J connectivity index is 1.58. The van der Waals surface area contributed by atoms with Crippen molar-refractivity contribution in [3.8, 4) is 0 Å². The van der Waals surface area contributed by atoms with Gasteiger partial charge in [0.05, 0.1) is 5.69 Å². The lowest BCUT2D eigenvalue weighted by molar-refractivity contribution is 0.328. The molecule has 1 aliphatic rings. The molecule has 2 nitrogen and oxygen atoms in total. The van der Waals surface area contributed by atoms with Crippen LogP contribution in [0.5, 0.6) is 0 Å². The van der Waals surface area contributed by atoms with E-state index in [2.05, 4.69) is 22.3 Å². The van der Waals surface area contributed by atoms with Gasteiger partial charge in [0.15, 0.2) is 0 Å². The first-order valence-electron chi connectivity index (χ1n) is 7.18. The smallest absolute Gasteiger partial charge is 0.146 e. The molecule has 0 radical (unpaired) electrons. The lowest BCUT2D eigenvalue weighted by Gasteiger charge is -2.17. The van der Waals surface area contributed by atoms with Crippen LogP contribution in [0.2, 0.25) is 0 Å². The third kappa shape index (κ3) is 3.58. The van der Waals surface area contributed by atoms with Crippen molar-refractivity contribution in [1.82, 2.24) is 4.90 Å². The zero-order chi connectivity index (χ0) is 14.7. The molecular weight excluding hydrogens is 270 g/mol. The van der Waals surface area contributed by atoms with E-state index < -0.39 is 11.6 Å². The van der Waals surface area contributed by atoms with Crippen LogP contribution in [0, 0.1) is 11.6 Å². The molecule has 0 aliphatic carbocycles. The molecule has 0 saturated carbocycles. The maximum Gasteiger partial charge on any atom is 0.146 e. The van der Waals surface area contributed by atoms with E-state index in [1.165, 1.54) is 11.6 Å². The average Bonchev–Trinajstić information content (AvgIpc) is 2.91. The van der Waals surface area contributed by atoms with Crippen LogP contribution in [0.15, 0.2) is 48.5 Å². The standard InChI is InChI=1S/C17H18F2N2/c18-14-6-7-16(19)17(10-14)20-15-8-9-21(12-15)11-13-4-2-1-3-5-13/h1-7,10,15,20H,8-9,11-12H2/t15-/m0/s1. The van der Waals surface area contributed by atoms with Crippen LogP contribution in [0.25, 0.3) is 0 Å². The Kier molecular flexibility index (Phi) is 4.15. The van der Waals surface area contributed by atoms with E-state index in [4.69, 9.17) is 0 Å². The molecule has 2 aromatic carbocycles. The summed E-state index contributed by atoms with van der Waals surface area (Å²) < 4.78 is 26.8. The molecule has 0 amide bonds. The molecular formula is C17H18F2N2. The summed E-state index contributed by atoms with van der Waals surface area (Å²) in [5.41, 5.74) is 1.52. The molecule has 1 saturated heterocycles. The van der Waals surface area contributed by atoms with E-state index in [-0.39, 0.29) is 11.7 Å². The van der Waals surface area contributed by atoms with E-state index in [9.17, 15) is 8.78 Å². The molecule has 1 heterocycles. The summed E-state index contributed by atoms with van der Waals surface area (Å²) in [6.45, 7) is 2.69. The minimum atomic E-state index is -0.418.